The van der Waals surface area contributed by atoms with E-state index < -0.39 is 5.91 Å². The van der Waals surface area contributed by atoms with Crippen LogP contribution in [-0.2, 0) is 4.79 Å². The van der Waals surface area contributed by atoms with E-state index >= 15 is 0 Å². The van der Waals surface area contributed by atoms with Crippen molar-refractivity contribution in [1.82, 2.24) is 5.32 Å². The molecule has 1 aliphatic rings. The maximum Gasteiger partial charge on any atom is 0.248 e. The average molecular weight is 305 g/mol. The van der Waals surface area contributed by atoms with E-state index in [1.807, 2.05) is 0 Å². The number of hydrogen-bond donors (Lipinski definition) is 3. The molecule has 0 aromatic heterocycles. The molecule has 0 heterocycles. The van der Waals surface area contributed by atoms with E-state index in [1.165, 1.54) is 0 Å². The molecular weight excluding hydrogens is 282 g/mol. The quantitative estimate of drug-likeness (QED) is 0.692. The number of carbonyl (C=O) groups excluding carboxylic acids is 2. The molecule has 0 spiro atoms. The molecule has 1 aliphatic carbocycles. The van der Waals surface area contributed by atoms with E-state index in [-0.39, 0.29) is 25.0 Å². The van der Waals surface area contributed by atoms with Crippen molar-refractivity contribution in [3.05, 3.63) is 29.8 Å². The lowest BCUT2D eigenvalue weighted by Crippen LogP contribution is -2.40. The number of nitrogens with one attached hydrogen (secondary N) is 1. The molecule has 6 nitrogen and oxygen atoms in total. The molecule has 0 bridgehead atoms. The number of rotatable bonds is 7. The van der Waals surface area contributed by atoms with Crippen molar-refractivity contribution in [3.63, 3.8) is 0 Å². The Kier molecular flexibility index (Phi) is 5.77. The Bertz CT molecular complexity index is 533. The van der Waals surface area contributed by atoms with Gasteiger partial charge in [0.15, 0.2) is 0 Å². The van der Waals surface area contributed by atoms with Gasteiger partial charge in [0, 0.05) is 11.6 Å². The second-order valence-corrected chi connectivity index (χ2v) is 5.59. The van der Waals surface area contributed by atoms with Gasteiger partial charge in [0.2, 0.25) is 11.8 Å². The summed E-state index contributed by atoms with van der Waals surface area (Å²) in [4.78, 5) is 23.0. The van der Waals surface area contributed by atoms with Gasteiger partial charge in [-0.1, -0.05) is 12.5 Å². The molecule has 2 atom stereocenters. The van der Waals surface area contributed by atoms with Crippen molar-refractivity contribution in [2.45, 2.75) is 31.7 Å². The maximum atomic E-state index is 11.9. The van der Waals surface area contributed by atoms with E-state index in [0.717, 1.165) is 19.3 Å². The van der Waals surface area contributed by atoms with E-state index in [0.29, 0.717) is 23.8 Å². The monoisotopic (exact) mass is 305 g/mol. The van der Waals surface area contributed by atoms with Gasteiger partial charge in [0.25, 0.3) is 0 Å². The van der Waals surface area contributed by atoms with Crippen molar-refractivity contribution < 1.29 is 14.3 Å². The van der Waals surface area contributed by atoms with Gasteiger partial charge < -0.3 is 21.5 Å². The Balaban J connectivity index is 1.75. The van der Waals surface area contributed by atoms with Gasteiger partial charge in [-0.25, -0.2) is 0 Å². The number of amides is 2. The molecule has 2 rings (SSSR count). The number of ether oxygens (including phenoxy) is 1. The molecule has 1 fully saturated rings. The lowest BCUT2D eigenvalue weighted by atomic mass is 10.0. The number of carbonyl (C=O) groups is 2. The maximum absolute atomic E-state index is 11.9. The summed E-state index contributed by atoms with van der Waals surface area (Å²) < 4.78 is 5.49. The SMILES string of the molecule is NCC1CCCC1NC(=O)CCOc1cccc(C(N)=O)c1. The summed E-state index contributed by atoms with van der Waals surface area (Å²) in [6.07, 6.45) is 3.46. The molecule has 1 aromatic rings. The molecule has 22 heavy (non-hydrogen) atoms. The van der Waals surface area contributed by atoms with Gasteiger partial charge in [-0.15, -0.1) is 0 Å². The second-order valence-electron chi connectivity index (χ2n) is 5.59. The van der Waals surface area contributed by atoms with E-state index in [4.69, 9.17) is 16.2 Å². The third kappa shape index (κ3) is 4.46. The molecule has 1 aromatic carbocycles. The Hall–Kier alpha value is -2.08. The summed E-state index contributed by atoms with van der Waals surface area (Å²) in [5.74, 6) is 0.385. The molecule has 1 saturated carbocycles. The summed E-state index contributed by atoms with van der Waals surface area (Å²) >= 11 is 0. The topological polar surface area (TPSA) is 107 Å². The summed E-state index contributed by atoms with van der Waals surface area (Å²) in [6.45, 7) is 0.870. The van der Waals surface area contributed by atoms with E-state index in [1.54, 1.807) is 24.3 Å². The largest absolute Gasteiger partial charge is 0.493 e. The van der Waals surface area contributed by atoms with Gasteiger partial charge in [-0.2, -0.15) is 0 Å². The van der Waals surface area contributed by atoms with Gasteiger partial charge in [0.05, 0.1) is 13.0 Å². The van der Waals surface area contributed by atoms with Crippen molar-refractivity contribution in [1.29, 1.82) is 0 Å². The minimum Gasteiger partial charge on any atom is -0.493 e. The van der Waals surface area contributed by atoms with Crippen LogP contribution in [0.15, 0.2) is 24.3 Å². The molecular formula is C16H23N3O3. The van der Waals surface area contributed by atoms with Crippen LogP contribution < -0.4 is 21.5 Å². The van der Waals surface area contributed by atoms with Crippen molar-refractivity contribution in [2.24, 2.45) is 17.4 Å². The Morgan fingerprint density at radius 1 is 1.32 bits per heavy atom. The molecule has 5 N–H and O–H groups in total. The molecule has 0 saturated heterocycles. The highest BCUT2D eigenvalue weighted by Gasteiger charge is 2.27. The first-order chi connectivity index (χ1) is 10.6. The number of primary amides is 1. The molecule has 120 valence electrons. The highest BCUT2D eigenvalue weighted by molar-refractivity contribution is 5.93. The van der Waals surface area contributed by atoms with Crippen LogP contribution in [0, 0.1) is 5.92 Å². The Labute approximate surface area is 130 Å². The fraction of sp³-hybridized carbons (Fsp3) is 0.500. The van der Waals surface area contributed by atoms with Crippen LogP contribution in [0.5, 0.6) is 5.75 Å². The number of benzene rings is 1. The third-order valence-corrected chi connectivity index (χ3v) is 4.02. The van der Waals surface area contributed by atoms with Crippen LogP contribution in [0.2, 0.25) is 0 Å². The van der Waals surface area contributed by atoms with Gasteiger partial charge >= 0.3 is 0 Å². The van der Waals surface area contributed by atoms with Crippen LogP contribution in [0.4, 0.5) is 0 Å². The first kappa shape index (κ1) is 16.3. The van der Waals surface area contributed by atoms with Crippen LogP contribution in [0.1, 0.15) is 36.0 Å². The predicted octanol–water partition coefficient (Wildman–Crippen LogP) is 0.798. The van der Waals surface area contributed by atoms with Gasteiger partial charge in [0.1, 0.15) is 5.75 Å². The summed E-state index contributed by atoms with van der Waals surface area (Å²) in [5, 5.41) is 3.02. The molecule has 6 heteroatoms. The second kappa shape index (κ2) is 7.79. The normalized spacial score (nSPS) is 20.6. The summed E-state index contributed by atoms with van der Waals surface area (Å²) in [5.41, 5.74) is 11.3. The molecule has 0 radical (unpaired) electrons. The van der Waals surface area contributed by atoms with Crippen LogP contribution >= 0.6 is 0 Å². The van der Waals surface area contributed by atoms with Crippen molar-refractivity contribution in [3.8, 4) is 5.75 Å². The number of nitrogens with two attached hydrogens (primary N) is 2. The van der Waals surface area contributed by atoms with Crippen molar-refractivity contribution in [2.75, 3.05) is 13.2 Å². The van der Waals surface area contributed by atoms with Crippen molar-refractivity contribution >= 4 is 11.8 Å². The third-order valence-electron chi connectivity index (χ3n) is 4.02. The minimum absolute atomic E-state index is 0.0311. The average Bonchev–Trinajstić information content (AvgIpc) is 2.94. The van der Waals surface area contributed by atoms with E-state index in [2.05, 4.69) is 5.32 Å². The number of hydrogen-bond acceptors (Lipinski definition) is 4. The minimum atomic E-state index is -0.503. The van der Waals surface area contributed by atoms with E-state index in [9.17, 15) is 9.59 Å². The van der Waals surface area contributed by atoms with Gasteiger partial charge in [-0.3, -0.25) is 9.59 Å². The lowest BCUT2D eigenvalue weighted by Gasteiger charge is -2.19. The molecule has 0 aliphatic heterocycles. The zero-order valence-corrected chi connectivity index (χ0v) is 12.6. The Morgan fingerprint density at radius 3 is 2.86 bits per heavy atom. The molecule has 2 amide bonds. The molecule has 2 unspecified atom stereocenters. The Morgan fingerprint density at radius 2 is 2.14 bits per heavy atom. The van der Waals surface area contributed by atoms with Crippen LogP contribution in [0.3, 0.4) is 0 Å². The first-order valence-electron chi connectivity index (χ1n) is 7.62. The standard InChI is InChI=1S/C16H23N3O3/c17-10-12-4-2-6-14(12)19-15(20)7-8-22-13-5-1-3-11(9-13)16(18)21/h1,3,5,9,12,14H,2,4,6-8,10,17H2,(H2,18,21)(H,19,20). The zero-order chi connectivity index (χ0) is 15.9. The van der Waals surface area contributed by atoms with Gasteiger partial charge in [-0.05, 0) is 43.5 Å². The summed E-state index contributed by atoms with van der Waals surface area (Å²) in [7, 11) is 0. The predicted molar refractivity (Wildman–Crippen MR) is 83.4 cm³/mol. The fourth-order valence-electron chi connectivity index (χ4n) is 2.79. The fourth-order valence-corrected chi connectivity index (χ4v) is 2.79. The smallest absolute Gasteiger partial charge is 0.248 e. The highest BCUT2D eigenvalue weighted by Crippen LogP contribution is 2.24. The summed E-state index contributed by atoms with van der Waals surface area (Å²) in [6, 6.07) is 6.80. The lowest BCUT2D eigenvalue weighted by molar-refractivity contribution is -0.122. The van der Waals surface area contributed by atoms with Crippen LogP contribution in [0.25, 0.3) is 0 Å². The van der Waals surface area contributed by atoms with Crippen LogP contribution in [-0.4, -0.2) is 31.0 Å². The zero-order valence-electron chi connectivity index (χ0n) is 12.6. The highest BCUT2D eigenvalue weighted by atomic mass is 16.5. The first-order valence-corrected chi connectivity index (χ1v) is 7.62.